The highest BCUT2D eigenvalue weighted by molar-refractivity contribution is 7.92. The normalized spacial score (nSPS) is 15.3. The molecule has 1 saturated carbocycles. The standard InChI is InChI=1S/C21H26N2O3S/c1-14-5-6-15(2)20(13-14)27(25,26)22-19-11-9-18(10-12-19)21(24)23(4)16(3)17-7-8-17/h5-6,9-13,16-17,22H,7-8H2,1-4H3. The van der Waals surface area contributed by atoms with E-state index in [2.05, 4.69) is 11.6 Å². The molecule has 2 aromatic carbocycles. The topological polar surface area (TPSA) is 66.5 Å². The summed E-state index contributed by atoms with van der Waals surface area (Å²) in [5.74, 6) is 0.556. The van der Waals surface area contributed by atoms with Gasteiger partial charge in [0.25, 0.3) is 15.9 Å². The highest BCUT2D eigenvalue weighted by Gasteiger charge is 2.32. The van der Waals surface area contributed by atoms with Crippen LogP contribution in [0.25, 0.3) is 0 Å². The van der Waals surface area contributed by atoms with E-state index >= 15 is 0 Å². The molecule has 0 aliphatic heterocycles. The minimum atomic E-state index is -3.68. The van der Waals surface area contributed by atoms with E-state index in [-0.39, 0.29) is 16.8 Å². The fraction of sp³-hybridized carbons (Fsp3) is 0.381. The Morgan fingerprint density at radius 3 is 2.33 bits per heavy atom. The van der Waals surface area contributed by atoms with Crippen LogP contribution in [0.15, 0.2) is 47.4 Å². The number of sulfonamides is 1. The van der Waals surface area contributed by atoms with Crippen LogP contribution in [0.1, 0.15) is 41.3 Å². The molecule has 0 spiro atoms. The zero-order valence-electron chi connectivity index (χ0n) is 16.2. The van der Waals surface area contributed by atoms with Gasteiger partial charge in [-0.05, 0) is 81.0 Å². The summed E-state index contributed by atoms with van der Waals surface area (Å²) in [5, 5.41) is 0. The van der Waals surface area contributed by atoms with Gasteiger partial charge in [0.05, 0.1) is 4.90 Å². The van der Waals surface area contributed by atoms with Crippen LogP contribution in [0, 0.1) is 19.8 Å². The molecule has 0 saturated heterocycles. The second-order valence-corrected chi connectivity index (χ2v) is 9.10. The number of nitrogens with one attached hydrogen (secondary N) is 1. The fourth-order valence-electron chi connectivity index (χ4n) is 3.17. The molecular weight excluding hydrogens is 360 g/mol. The first-order valence-electron chi connectivity index (χ1n) is 9.16. The number of carbonyl (C=O) groups excluding carboxylic acids is 1. The Balaban J connectivity index is 1.75. The van der Waals surface area contributed by atoms with E-state index < -0.39 is 10.0 Å². The highest BCUT2D eigenvalue weighted by atomic mass is 32.2. The van der Waals surface area contributed by atoms with E-state index in [4.69, 9.17) is 0 Å². The van der Waals surface area contributed by atoms with Gasteiger partial charge in [-0.3, -0.25) is 9.52 Å². The number of anilines is 1. The Kier molecular flexibility index (Phi) is 5.29. The van der Waals surface area contributed by atoms with Crippen molar-refractivity contribution in [1.82, 2.24) is 4.90 Å². The number of aryl methyl sites for hydroxylation is 2. The third-order valence-corrected chi connectivity index (χ3v) is 6.78. The molecule has 3 rings (SSSR count). The molecule has 6 heteroatoms. The van der Waals surface area contributed by atoms with Gasteiger partial charge in [-0.25, -0.2) is 8.42 Å². The number of amides is 1. The summed E-state index contributed by atoms with van der Waals surface area (Å²) >= 11 is 0. The molecule has 0 aromatic heterocycles. The maximum absolute atomic E-state index is 12.7. The van der Waals surface area contributed by atoms with Gasteiger partial charge >= 0.3 is 0 Å². The van der Waals surface area contributed by atoms with E-state index in [1.807, 2.05) is 20.0 Å². The van der Waals surface area contributed by atoms with Crippen molar-refractivity contribution in [3.63, 3.8) is 0 Å². The molecule has 2 aromatic rings. The Bertz CT molecular complexity index is 948. The summed E-state index contributed by atoms with van der Waals surface area (Å²) in [7, 11) is -1.86. The minimum absolute atomic E-state index is 0.0432. The summed E-state index contributed by atoms with van der Waals surface area (Å²) < 4.78 is 28.0. The van der Waals surface area contributed by atoms with Crippen LogP contribution in [0.2, 0.25) is 0 Å². The van der Waals surface area contributed by atoms with Crippen LogP contribution in [0.4, 0.5) is 5.69 Å². The largest absolute Gasteiger partial charge is 0.339 e. The van der Waals surface area contributed by atoms with E-state index in [0.717, 1.165) is 5.56 Å². The van der Waals surface area contributed by atoms with Crippen LogP contribution in [-0.4, -0.2) is 32.3 Å². The Morgan fingerprint density at radius 2 is 1.74 bits per heavy atom. The van der Waals surface area contributed by atoms with Crippen molar-refractivity contribution >= 4 is 21.6 Å². The maximum Gasteiger partial charge on any atom is 0.262 e. The van der Waals surface area contributed by atoms with Gasteiger partial charge in [-0.15, -0.1) is 0 Å². The monoisotopic (exact) mass is 386 g/mol. The fourth-order valence-corrected chi connectivity index (χ4v) is 4.56. The molecule has 0 heterocycles. The van der Waals surface area contributed by atoms with Gasteiger partial charge in [0.2, 0.25) is 0 Å². The zero-order valence-corrected chi connectivity index (χ0v) is 17.0. The van der Waals surface area contributed by atoms with E-state index in [9.17, 15) is 13.2 Å². The quantitative estimate of drug-likeness (QED) is 0.817. The number of hydrogen-bond donors (Lipinski definition) is 1. The molecule has 0 radical (unpaired) electrons. The third-order valence-electron chi connectivity index (χ3n) is 5.25. The van der Waals surface area contributed by atoms with E-state index in [0.29, 0.717) is 22.7 Å². The Morgan fingerprint density at radius 1 is 1.11 bits per heavy atom. The summed E-state index contributed by atoms with van der Waals surface area (Å²) in [6, 6.07) is 12.1. The molecule has 1 N–H and O–H groups in total. The second kappa shape index (κ2) is 7.35. The number of nitrogens with zero attached hydrogens (tertiary/aromatic N) is 1. The van der Waals surface area contributed by atoms with Gasteiger partial charge in [0.1, 0.15) is 0 Å². The number of rotatable bonds is 6. The first-order chi connectivity index (χ1) is 12.7. The lowest BCUT2D eigenvalue weighted by molar-refractivity contribution is 0.0727. The second-order valence-electron chi connectivity index (χ2n) is 7.45. The molecule has 1 unspecified atom stereocenters. The van der Waals surface area contributed by atoms with Gasteiger partial charge in [0, 0.05) is 24.3 Å². The van der Waals surface area contributed by atoms with Gasteiger partial charge in [-0.2, -0.15) is 0 Å². The van der Waals surface area contributed by atoms with Crippen molar-refractivity contribution in [2.24, 2.45) is 5.92 Å². The summed E-state index contributed by atoms with van der Waals surface area (Å²) in [6.45, 7) is 5.70. The average molecular weight is 387 g/mol. The number of hydrogen-bond acceptors (Lipinski definition) is 3. The minimum Gasteiger partial charge on any atom is -0.339 e. The van der Waals surface area contributed by atoms with Crippen LogP contribution >= 0.6 is 0 Å². The molecule has 1 aliphatic carbocycles. The lowest BCUT2D eigenvalue weighted by Crippen LogP contribution is -2.36. The predicted molar refractivity (Wildman–Crippen MR) is 107 cm³/mol. The van der Waals surface area contributed by atoms with E-state index in [1.165, 1.54) is 12.8 Å². The number of benzene rings is 2. The Hall–Kier alpha value is -2.34. The molecule has 144 valence electrons. The predicted octanol–water partition coefficient (Wildman–Crippen LogP) is 3.97. The average Bonchev–Trinajstić information content (AvgIpc) is 3.47. The SMILES string of the molecule is Cc1ccc(C)c(S(=O)(=O)Nc2ccc(C(=O)N(C)C(C)C3CC3)cc2)c1. The van der Waals surface area contributed by atoms with Crippen molar-refractivity contribution in [2.45, 2.75) is 44.6 Å². The lowest BCUT2D eigenvalue weighted by atomic mass is 10.1. The van der Waals surface area contributed by atoms with Crippen LogP contribution in [0.3, 0.4) is 0 Å². The molecule has 1 amide bonds. The van der Waals surface area contributed by atoms with Gasteiger partial charge < -0.3 is 4.90 Å². The smallest absolute Gasteiger partial charge is 0.262 e. The third kappa shape index (κ3) is 4.33. The van der Waals surface area contributed by atoms with Crippen molar-refractivity contribution in [1.29, 1.82) is 0 Å². The maximum atomic E-state index is 12.7. The van der Waals surface area contributed by atoms with Crippen LogP contribution in [0.5, 0.6) is 0 Å². The highest BCUT2D eigenvalue weighted by Crippen LogP contribution is 2.35. The number of carbonyl (C=O) groups is 1. The van der Waals surface area contributed by atoms with Gasteiger partial charge in [-0.1, -0.05) is 12.1 Å². The van der Waals surface area contributed by atoms with Crippen molar-refractivity contribution in [2.75, 3.05) is 11.8 Å². The molecule has 27 heavy (non-hydrogen) atoms. The van der Waals surface area contributed by atoms with E-state index in [1.54, 1.807) is 48.2 Å². The molecule has 1 atom stereocenters. The molecular formula is C21H26N2O3S. The Labute approximate surface area is 161 Å². The van der Waals surface area contributed by atoms with Gasteiger partial charge in [0.15, 0.2) is 0 Å². The molecule has 0 bridgehead atoms. The zero-order chi connectivity index (χ0) is 19.8. The van der Waals surface area contributed by atoms with Crippen molar-refractivity contribution in [3.05, 3.63) is 59.2 Å². The lowest BCUT2D eigenvalue weighted by Gasteiger charge is -2.25. The molecule has 5 nitrogen and oxygen atoms in total. The summed E-state index contributed by atoms with van der Waals surface area (Å²) in [6.07, 6.45) is 2.36. The summed E-state index contributed by atoms with van der Waals surface area (Å²) in [5.41, 5.74) is 2.57. The van der Waals surface area contributed by atoms with Crippen LogP contribution < -0.4 is 4.72 Å². The molecule has 1 aliphatic rings. The van der Waals surface area contributed by atoms with Crippen molar-refractivity contribution in [3.8, 4) is 0 Å². The molecule has 1 fully saturated rings. The first-order valence-corrected chi connectivity index (χ1v) is 10.6. The summed E-state index contributed by atoms with van der Waals surface area (Å²) in [4.78, 5) is 14.6. The van der Waals surface area contributed by atoms with Crippen LogP contribution in [-0.2, 0) is 10.0 Å². The first kappa shape index (κ1) is 19.4. The van der Waals surface area contributed by atoms with Crippen molar-refractivity contribution < 1.29 is 13.2 Å².